The third-order valence-corrected chi connectivity index (χ3v) is 14.0. The van der Waals surface area contributed by atoms with Gasteiger partial charge in [-0.2, -0.15) is 0 Å². The minimum atomic E-state index is -1.05. The first-order valence-corrected chi connectivity index (χ1v) is 26.5. The van der Waals surface area contributed by atoms with Gasteiger partial charge in [-0.15, -0.1) is 0 Å². The first-order chi connectivity index (χ1) is 29.8. The summed E-state index contributed by atoms with van der Waals surface area (Å²) in [6.45, 7) is 4.55. The zero-order valence-electron chi connectivity index (χ0n) is 39.2. The van der Waals surface area contributed by atoms with Gasteiger partial charge in [-0.25, -0.2) is 9.59 Å². The zero-order chi connectivity index (χ0) is 44.2. The number of rotatable bonds is 42. The Labute approximate surface area is 377 Å². The molecule has 0 aromatic heterocycles. The maximum absolute atomic E-state index is 12.4. The van der Waals surface area contributed by atoms with Gasteiger partial charge in [0, 0.05) is 0 Å². The number of carboxylic acids is 2. The summed E-state index contributed by atoms with van der Waals surface area (Å²) in [5.74, 6) is -2.21. The van der Waals surface area contributed by atoms with E-state index in [1.54, 1.807) is 0 Å². The van der Waals surface area contributed by atoms with Crippen LogP contribution in [0.2, 0.25) is 0 Å². The summed E-state index contributed by atoms with van der Waals surface area (Å²) in [6.07, 6.45) is 46.9. The summed E-state index contributed by atoms with van der Waals surface area (Å²) < 4.78 is 0. The number of phenolic OH excluding ortho intramolecular Hbond substituents is 2. The molecule has 2 aromatic carbocycles. The van der Waals surface area contributed by atoms with Crippen LogP contribution in [0.15, 0.2) is 34.1 Å². The molecule has 4 N–H and O–H groups in total. The van der Waals surface area contributed by atoms with Crippen LogP contribution in [0, 0.1) is 0 Å². The van der Waals surface area contributed by atoms with Crippen LogP contribution in [0.4, 0.5) is 0 Å². The molecule has 2 aromatic rings. The number of phenols is 2. The van der Waals surface area contributed by atoms with Crippen molar-refractivity contribution >= 4 is 23.7 Å². The molecule has 0 saturated carbocycles. The first-order valence-electron chi connectivity index (χ1n) is 25.7. The molecule has 0 spiro atoms. The summed E-state index contributed by atoms with van der Waals surface area (Å²) in [7, 11) is 0. The molecular formula is C54H90O6S. The molecule has 0 atom stereocenters. The van der Waals surface area contributed by atoms with Gasteiger partial charge in [-0.05, 0) is 61.1 Å². The van der Waals surface area contributed by atoms with E-state index in [2.05, 4.69) is 13.8 Å². The highest BCUT2D eigenvalue weighted by molar-refractivity contribution is 7.99. The van der Waals surface area contributed by atoms with Gasteiger partial charge in [0.2, 0.25) is 0 Å². The molecule has 0 aliphatic rings. The molecule has 0 amide bonds. The van der Waals surface area contributed by atoms with Crippen LogP contribution in [0.25, 0.3) is 0 Å². The quantitative estimate of drug-likeness (QED) is 0.0491. The Balaban J connectivity index is 1.78. The minimum absolute atomic E-state index is 0.0494. The number of carboxylic acid groups (broad SMARTS) is 2. The lowest BCUT2D eigenvalue weighted by atomic mass is 9.99. The van der Waals surface area contributed by atoms with Crippen molar-refractivity contribution < 1.29 is 30.0 Å². The van der Waals surface area contributed by atoms with Gasteiger partial charge in [0.05, 0.1) is 20.9 Å². The predicted octanol–water partition coefficient (Wildman–Crippen LogP) is 17.8. The van der Waals surface area contributed by atoms with Crippen molar-refractivity contribution in [3.8, 4) is 11.5 Å². The maximum atomic E-state index is 12.4. The summed E-state index contributed by atoms with van der Waals surface area (Å²) >= 11 is 1.11. The highest BCUT2D eigenvalue weighted by Crippen LogP contribution is 2.45. The number of benzene rings is 2. The number of hydrogen-bond donors (Lipinski definition) is 4. The van der Waals surface area contributed by atoms with Crippen molar-refractivity contribution in [1.29, 1.82) is 0 Å². The topological polar surface area (TPSA) is 115 Å². The predicted molar refractivity (Wildman–Crippen MR) is 259 cm³/mol. The first kappa shape index (κ1) is 54.5. The molecule has 0 bridgehead atoms. The van der Waals surface area contributed by atoms with Crippen LogP contribution >= 0.6 is 11.8 Å². The van der Waals surface area contributed by atoms with Crippen LogP contribution in [0.1, 0.15) is 277 Å². The average molecular weight is 867 g/mol. The van der Waals surface area contributed by atoms with Crippen LogP contribution in [0.5, 0.6) is 11.5 Å². The molecule has 0 aliphatic heterocycles. The van der Waals surface area contributed by atoms with Crippen molar-refractivity contribution in [3.05, 3.63) is 46.5 Å². The lowest BCUT2D eigenvalue weighted by Gasteiger charge is -2.18. The summed E-state index contributed by atoms with van der Waals surface area (Å²) in [6, 6.07) is 5.72. The molecule has 0 aliphatic carbocycles. The molecular weight excluding hydrogens is 777 g/mol. The van der Waals surface area contributed by atoms with E-state index in [1.807, 2.05) is 0 Å². The van der Waals surface area contributed by atoms with Gasteiger partial charge >= 0.3 is 11.9 Å². The van der Waals surface area contributed by atoms with Crippen molar-refractivity contribution in [1.82, 2.24) is 0 Å². The van der Waals surface area contributed by atoms with Gasteiger partial charge in [0.25, 0.3) is 0 Å². The van der Waals surface area contributed by atoms with Crippen LogP contribution < -0.4 is 0 Å². The second kappa shape index (κ2) is 36.8. The third-order valence-electron chi connectivity index (χ3n) is 12.7. The number of aromatic carboxylic acids is 2. The Morgan fingerprint density at radius 2 is 0.574 bits per heavy atom. The SMILES string of the molecule is CCCCCCCCCCCCCCCCCCCCc1c(C(=O)O)ccc(O)c1Sc1c(O)ccc(C(=O)O)c1CCCCCCCCCCCCCCCCCCCC. The largest absolute Gasteiger partial charge is 0.507 e. The number of unbranched alkanes of at least 4 members (excludes halogenated alkanes) is 34. The summed E-state index contributed by atoms with van der Waals surface area (Å²) in [5.41, 5.74) is 1.39. The fourth-order valence-electron chi connectivity index (χ4n) is 8.86. The molecule has 6 nitrogen and oxygen atoms in total. The Bertz CT molecular complexity index is 1320. The summed E-state index contributed by atoms with van der Waals surface area (Å²) in [5, 5.41) is 42.5. The molecule has 61 heavy (non-hydrogen) atoms. The molecule has 0 heterocycles. The van der Waals surface area contributed by atoms with E-state index >= 15 is 0 Å². The van der Waals surface area contributed by atoms with E-state index in [-0.39, 0.29) is 22.6 Å². The Kier molecular flexibility index (Phi) is 32.8. The molecule has 7 heteroatoms. The van der Waals surface area contributed by atoms with Crippen LogP contribution in [-0.2, 0) is 12.8 Å². The van der Waals surface area contributed by atoms with Crippen molar-refractivity contribution in [2.45, 2.75) is 268 Å². The maximum Gasteiger partial charge on any atom is 0.336 e. The standard InChI is InChI=1S/C54H90O6S/c1-3-5-7-9-11-13-15-17-19-21-23-25-27-29-31-33-35-37-39-45-47(53(57)58)41-43-49(55)51(45)61-52-46(48(54(59)60)42-44-50(52)56)40-38-36-34-32-30-28-26-24-22-20-18-16-14-12-10-8-6-4-2/h41-44,55-56H,3-40H2,1-2H3,(H,57,58)(H,59,60). The van der Waals surface area contributed by atoms with E-state index in [1.165, 1.54) is 217 Å². The Hall–Kier alpha value is -2.67. The van der Waals surface area contributed by atoms with E-state index in [9.17, 15) is 30.0 Å². The van der Waals surface area contributed by atoms with Crippen molar-refractivity contribution in [2.24, 2.45) is 0 Å². The number of carbonyl (C=O) groups is 2. The smallest absolute Gasteiger partial charge is 0.336 e. The molecule has 0 saturated heterocycles. The van der Waals surface area contributed by atoms with Crippen LogP contribution in [-0.4, -0.2) is 32.4 Å². The van der Waals surface area contributed by atoms with E-state index in [0.29, 0.717) is 33.8 Å². The van der Waals surface area contributed by atoms with Crippen molar-refractivity contribution in [2.75, 3.05) is 0 Å². The molecule has 0 unspecified atom stereocenters. The zero-order valence-corrected chi connectivity index (χ0v) is 40.0. The highest BCUT2D eigenvalue weighted by Gasteiger charge is 2.23. The van der Waals surface area contributed by atoms with Gasteiger partial charge in [0.15, 0.2) is 0 Å². The average Bonchev–Trinajstić information content (AvgIpc) is 3.24. The van der Waals surface area contributed by atoms with Gasteiger partial charge in [-0.3, -0.25) is 0 Å². The second-order valence-corrected chi connectivity index (χ2v) is 19.1. The lowest BCUT2D eigenvalue weighted by Crippen LogP contribution is -2.06. The van der Waals surface area contributed by atoms with Gasteiger partial charge in [-0.1, -0.05) is 244 Å². The van der Waals surface area contributed by atoms with Gasteiger partial charge in [0.1, 0.15) is 11.5 Å². The molecule has 2 rings (SSSR count). The summed E-state index contributed by atoms with van der Waals surface area (Å²) in [4.78, 5) is 25.5. The van der Waals surface area contributed by atoms with Crippen LogP contribution in [0.3, 0.4) is 0 Å². The normalized spacial score (nSPS) is 11.4. The van der Waals surface area contributed by atoms with E-state index in [4.69, 9.17) is 0 Å². The monoisotopic (exact) mass is 867 g/mol. The Morgan fingerprint density at radius 3 is 0.787 bits per heavy atom. The van der Waals surface area contributed by atoms with E-state index < -0.39 is 11.9 Å². The Morgan fingerprint density at radius 1 is 0.361 bits per heavy atom. The molecule has 0 radical (unpaired) electrons. The van der Waals surface area contributed by atoms with Crippen molar-refractivity contribution in [3.63, 3.8) is 0 Å². The number of hydrogen-bond acceptors (Lipinski definition) is 5. The molecule has 0 fully saturated rings. The molecule has 348 valence electrons. The second-order valence-electron chi connectivity index (χ2n) is 18.1. The lowest BCUT2D eigenvalue weighted by molar-refractivity contribution is 0.0684. The fourth-order valence-corrected chi connectivity index (χ4v) is 10.1. The third kappa shape index (κ3) is 25.3. The minimum Gasteiger partial charge on any atom is -0.507 e. The van der Waals surface area contributed by atoms with Gasteiger partial charge < -0.3 is 20.4 Å². The van der Waals surface area contributed by atoms with E-state index in [0.717, 1.165) is 50.3 Å². The fraction of sp³-hybridized carbons (Fsp3) is 0.741. The highest BCUT2D eigenvalue weighted by atomic mass is 32.2. The number of aromatic hydroxyl groups is 2.